The van der Waals surface area contributed by atoms with Gasteiger partial charge >= 0.3 is 0 Å². The van der Waals surface area contributed by atoms with Gasteiger partial charge in [0.15, 0.2) is 0 Å². The number of ether oxygens (including phenoxy) is 1. The fraction of sp³-hybridized carbons (Fsp3) is 0.104. The van der Waals surface area contributed by atoms with Crippen LogP contribution in [0.25, 0.3) is 77.4 Å². The number of nitrogens with zero attached hydrogens (tertiary/aromatic N) is 5. The Morgan fingerprint density at radius 3 is 1.97 bits per heavy atom. The Morgan fingerprint density at radius 1 is 0.527 bits per heavy atom. The summed E-state index contributed by atoms with van der Waals surface area (Å²) in [7, 11) is 0. The van der Waals surface area contributed by atoms with Gasteiger partial charge in [-0.1, -0.05) is 155 Å². The van der Waals surface area contributed by atoms with Crippen LogP contribution in [0.3, 0.4) is 0 Å². The third-order valence-electron chi connectivity index (χ3n) is 15.2. The average Bonchev–Trinajstić information content (AvgIpc) is 4.13. The number of hydrogen-bond acceptors (Lipinski definition) is 4. The molecular formula is C67H50N5OPt-3. The van der Waals surface area contributed by atoms with Crippen molar-refractivity contribution in [3.63, 3.8) is 0 Å². The molecule has 362 valence electrons. The second-order valence-electron chi connectivity index (χ2n) is 20.9. The molecule has 6 nitrogen and oxygen atoms in total. The summed E-state index contributed by atoms with van der Waals surface area (Å²) >= 11 is 0. The maximum atomic E-state index is 6.83. The first kappa shape index (κ1) is 45.7. The summed E-state index contributed by atoms with van der Waals surface area (Å²) in [4.78, 5) is 9.62. The van der Waals surface area contributed by atoms with Gasteiger partial charge in [0.25, 0.3) is 0 Å². The van der Waals surface area contributed by atoms with E-state index in [4.69, 9.17) is 9.72 Å². The Morgan fingerprint density at radius 2 is 1.20 bits per heavy atom. The van der Waals surface area contributed by atoms with Crippen LogP contribution in [-0.2, 0) is 31.9 Å². The van der Waals surface area contributed by atoms with E-state index < -0.39 is 0 Å². The van der Waals surface area contributed by atoms with Gasteiger partial charge in [0.05, 0.1) is 11.0 Å². The van der Waals surface area contributed by atoms with Crippen molar-refractivity contribution in [2.75, 3.05) is 9.80 Å². The summed E-state index contributed by atoms with van der Waals surface area (Å²) < 4.78 is 11.4. The molecule has 12 aromatic rings. The normalized spacial score (nSPS) is 13.6. The molecule has 1 aliphatic carbocycles. The third kappa shape index (κ3) is 7.06. The smallest absolute Gasteiger partial charge is 0.135 e. The van der Waals surface area contributed by atoms with Gasteiger partial charge in [-0.3, -0.25) is 0 Å². The minimum Gasteiger partial charge on any atom is -0.509 e. The summed E-state index contributed by atoms with van der Waals surface area (Å²) in [6.45, 7) is 13.6. The molecule has 74 heavy (non-hydrogen) atoms. The third-order valence-corrected chi connectivity index (χ3v) is 15.2. The first-order valence-electron chi connectivity index (χ1n) is 25.1. The van der Waals surface area contributed by atoms with E-state index in [-0.39, 0.29) is 31.9 Å². The van der Waals surface area contributed by atoms with E-state index in [9.17, 15) is 0 Å². The summed E-state index contributed by atoms with van der Waals surface area (Å²) in [5.41, 5.74) is 18.0. The molecule has 0 amide bonds. The van der Waals surface area contributed by atoms with E-state index >= 15 is 0 Å². The number of rotatable bonds is 7. The van der Waals surface area contributed by atoms with Crippen molar-refractivity contribution in [3.05, 3.63) is 242 Å². The van der Waals surface area contributed by atoms with Crippen molar-refractivity contribution in [2.24, 2.45) is 0 Å². The molecule has 9 aromatic carbocycles. The number of benzene rings is 9. The van der Waals surface area contributed by atoms with Crippen LogP contribution in [0.4, 0.5) is 22.7 Å². The molecule has 3 aromatic heterocycles. The molecule has 0 fully saturated rings. The van der Waals surface area contributed by atoms with Gasteiger partial charge in [-0.05, 0) is 93.2 Å². The SMILES string of the molecule is CC(C)(C)c1ccnc(-n2c3[c-]c(Oc4[c-]c(N5[CH-]N(c6c(-c7ccccc7)ccc7c6-c6ccccc6C7(C)C)c6ccccc65)ccc4)ccc3c3cc(-n4c5ccccc5c5ccccc54)ccc32)c1.[Pt]. The fourth-order valence-corrected chi connectivity index (χ4v) is 11.7. The molecule has 2 aliphatic rings. The number of pyridine rings is 1. The van der Waals surface area contributed by atoms with Crippen molar-refractivity contribution in [1.29, 1.82) is 0 Å². The molecule has 0 radical (unpaired) electrons. The quantitative estimate of drug-likeness (QED) is 0.149. The molecule has 14 rings (SSSR count). The van der Waals surface area contributed by atoms with Crippen molar-refractivity contribution >= 4 is 66.4 Å². The summed E-state index contributed by atoms with van der Waals surface area (Å²) in [6, 6.07) is 79.1. The number of para-hydroxylation sites is 4. The molecule has 0 saturated heterocycles. The van der Waals surface area contributed by atoms with E-state index in [1.165, 1.54) is 60.8 Å². The average molecular weight is 1140 g/mol. The Hall–Kier alpha value is -8.18. The zero-order chi connectivity index (χ0) is 49.2. The van der Waals surface area contributed by atoms with Crippen molar-refractivity contribution in [3.8, 4) is 45.3 Å². The molecule has 0 N–H and O–H groups in total. The van der Waals surface area contributed by atoms with Crippen LogP contribution in [0.15, 0.2) is 206 Å². The van der Waals surface area contributed by atoms with Crippen LogP contribution in [-0.4, -0.2) is 14.1 Å². The summed E-state index contributed by atoms with van der Waals surface area (Å²) in [5.74, 6) is 2.00. The molecule has 0 spiro atoms. The van der Waals surface area contributed by atoms with Crippen LogP contribution in [0.2, 0.25) is 0 Å². The molecule has 0 saturated carbocycles. The predicted molar refractivity (Wildman–Crippen MR) is 300 cm³/mol. The molecule has 1 aliphatic heterocycles. The number of hydrogen-bond donors (Lipinski definition) is 0. The van der Waals surface area contributed by atoms with Crippen molar-refractivity contribution < 1.29 is 25.8 Å². The maximum Gasteiger partial charge on any atom is 0.135 e. The number of aromatic nitrogens is 3. The monoisotopic (exact) mass is 1140 g/mol. The summed E-state index contributed by atoms with van der Waals surface area (Å²) in [5, 5.41) is 4.63. The standard InChI is InChI=1S/C67H50N5O.Pt/c1-66(2,3)44-36-37-68-63(38-44)72-59-35-30-46(71-57-26-13-10-22-50(57)51-23-11-14-27-58(51)71)40-54(59)52-32-31-48(41-62(52)72)73-47-21-17-20-45(39-47)69-42-70(61-29-16-15-28-60(61)69)65-49(43-18-7-6-8-19-43)33-34-56-64(65)53-24-9-12-25-55(53)67(56,4)5;/h6-38,40,42H,1-5H3;/q-3;. The second kappa shape index (κ2) is 17.2. The van der Waals surface area contributed by atoms with Crippen molar-refractivity contribution in [2.45, 2.75) is 45.4 Å². The van der Waals surface area contributed by atoms with Crippen LogP contribution in [0.5, 0.6) is 11.5 Å². The first-order chi connectivity index (χ1) is 35.6. The maximum absolute atomic E-state index is 6.83. The van der Waals surface area contributed by atoms with E-state index in [0.717, 1.165) is 56.1 Å². The van der Waals surface area contributed by atoms with E-state index in [1.54, 1.807) is 0 Å². The van der Waals surface area contributed by atoms with Gasteiger partial charge in [0.1, 0.15) is 5.82 Å². The Kier molecular flexibility index (Phi) is 10.6. The van der Waals surface area contributed by atoms with Gasteiger partial charge in [-0.25, -0.2) is 4.98 Å². The van der Waals surface area contributed by atoms with Gasteiger partial charge in [-0.15, -0.1) is 48.1 Å². The zero-order valence-corrected chi connectivity index (χ0v) is 43.9. The van der Waals surface area contributed by atoms with Gasteiger partial charge in [0, 0.05) is 94.3 Å². The zero-order valence-electron chi connectivity index (χ0n) is 41.7. The van der Waals surface area contributed by atoms with Crippen LogP contribution < -0.4 is 14.5 Å². The van der Waals surface area contributed by atoms with Gasteiger partial charge < -0.3 is 23.7 Å². The Labute approximate surface area is 446 Å². The predicted octanol–water partition coefficient (Wildman–Crippen LogP) is 17.3. The molecule has 4 heterocycles. The van der Waals surface area contributed by atoms with E-state index in [2.05, 4.69) is 254 Å². The first-order valence-corrected chi connectivity index (χ1v) is 25.1. The van der Waals surface area contributed by atoms with Crippen LogP contribution >= 0.6 is 0 Å². The topological polar surface area (TPSA) is 38.5 Å². The molecule has 0 unspecified atom stereocenters. The van der Waals surface area contributed by atoms with Gasteiger partial charge in [-0.2, -0.15) is 12.1 Å². The fourth-order valence-electron chi connectivity index (χ4n) is 11.7. The second-order valence-corrected chi connectivity index (χ2v) is 20.9. The summed E-state index contributed by atoms with van der Waals surface area (Å²) in [6.07, 6.45) is 1.92. The van der Waals surface area contributed by atoms with Gasteiger partial charge in [0.2, 0.25) is 0 Å². The Bertz CT molecular complexity index is 4150. The van der Waals surface area contributed by atoms with Crippen molar-refractivity contribution in [1.82, 2.24) is 14.1 Å². The van der Waals surface area contributed by atoms with E-state index in [1.807, 2.05) is 24.4 Å². The minimum absolute atomic E-state index is 0. The molecular weight excluding hydrogens is 1090 g/mol. The van der Waals surface area contributed by atoms with Crippen LogP contribution in [0, 0.1) is 18.8 Å². The minimum atomic E-state index is -0.161. The molecule has 7 heteroatoms. The number of fused-ring (bicyclic) bond motifs is 10. The molecule has 0 atom stereocenters. The Balaban J connectivity index is 0.00000528. The largest absolute Gasteiger partial charge is 0.509 e. The molecule has 0 bridgehead atoms. The number of anilines is 4. The van der Waals surface area contributed by atoms with E-state index in [0.29, 0.717) is 11.5 Å². The van der Waals surface area contributed by atoms with Crippen LogP contribution in [0.1, 0.15) is 51.3 Å².